The number of methoxy groups -OCH3 is 1. The number of benzene rings is 2. The fourth-order valence-corrected chi connectivity index (χ4v) is 5.66. The predicted molar refractivity (Wildman–Crippen MR) is 143 cm³/mol. The lowest BCUT2D eigenvalue weighted by atomic mass is 9.94. The first-order chi connectivity index (χ1) is 18.9. The van der Waals surface area contributed by atoms with Crippen molar-refractivity contribution in [2.24, 2.45) is 5.92 Å². The van der Waals surface area contributed by atoms with Crippen molar-refractivity contribution in [2.75, 3.05) is 20.2 Å². The number of ether oxygens (including phenoxy) is 1. The molecular weight excluding hydrogens is 498 g/mol. The Morgan fingerprint density at radius 3 is 2.72 bits per heavy atom. The molecule has 0 spiro atoms. The second-order valence-corrected chi connectivity index (χ2v) is 10.1. The predicted octanol–water partition coefficient (Wildman–Crippen LogP) is 2.07. The minimum Gasteiger partial charge on any atom is -0.496 e. The van der Waals surface area contributed by atoms with Crippen molar-refractivity contribution in [3.63, 3.8) is 0 Å². The summed E-state index contributed by atoms with van der Waals surface area (Å²) in [6, 6.07) is 16.9. The van der Waals surface area contributed by atoms with Crippen molar-refractivity contribution in [1.29, 1.82) is 5.26 Å². The van der Waals surface area contributed by atoms with Crippen molar-refractivity contribution < 1.29 is 24.2 Å². The summed E-state index contributed by atoms with van der Waals surface area (Å²) in [5, 5.41) is 26.0. The number of nitrogens with zero attached hydrogens (tertiary/aromatic N) is 2. The number of nitriles is 1. The fourth-order valence-electron chi connectivity index (χ4n) is 5.66. The fraction of sp³-hybridized carbons (Fsp3) is 0.379. The van der Waals surface area contributed by atoms with Gasteiger partial charge in [0.1, 0.15) is 17.5 Å². The van der Waals surface area contributed by atoms with E-state index in [0.717, 1.165) is 16.5 Å². The Bertz CT molecular complexity index is 1410. The van der Waals surface area contributed by atoms with E-state index in [1.165, 1.54) is 0 Å². The molecule has 4 N–H and O–H groups in total. The van der Waals surface area contributed by atoms with Gasteiger partial charge in [0.2, 0.25) is 11.8 Å². The number of aliphatic hydroxyl groups excluding tert-OH is 1. The quantitative estimate of drug-likeness (QED) is 0.329. The molecule has 0 radical (unpaired) electrons. The van der Waals surface area contributed by atoms with Crippen LogP contribution in [0.2, 0.25) is 0 Å². The van der Waals surface area contributed by atoms with Crippen molar-refractivity contribution in [2.45, 2.75) is 43.4 Å². The Labute approximate surface area is 225 Å². The van der Waals surface area contributed by atoms with Gasteiger partial charge in [-0.1, -0.05) is 36.4 Å². The van der Waals surface area contributed by atoms with Crippen LogP contribution in [0, 0.1) is 17.2 Å². The molecule has 3 aromatic rings. The van der Waals surface area contributed by atoms with Crippen LogP contribution in [0.15, 0.2) is 54.6 Å². The lowest BCUT2D eigenvalue weighted by Crippen LogP contribution is -2.52. The lowest BCUT2D eigenvalue weighted by Gasteiger charge is -2.27. The minimum atomic E-state index is -1.49. The molecule has 1 aromatic heterocycles. The van der Waals surface area contributed by atoms with Gasteiger partial charge in [0.05, 0.1) is 19.2 Å². The van der Waals surface area contributed by atoms with E-state index >= 15 is 0 Å². The van der Waals surface area contributed by atoms with Crippen LogP contribution in [-0.4, -0.2) is 71.1 Å². The molecule has 10 nitrogen and oxygen atoms in total. The Morgan fingerprint density at radius 2 is 2.03 bits per heavy atom. The Kier molecular flexibility index (Phi) is 7.52. The number of fused-ring (bicyclic) bond motifs is 1. The molecule has 2 saturated heterocycles. The molecule has 2 aromatic carbocycles. The van der Waals surface area contributed by atoms with Gasteiger partial charge >= 0.3 is 0 Å². The molecule has 39 heavy (non-hydrogen) atoms. The zero-order valence-corrected chi connectivity index (χ0v) is 21.6. The maximum absolute atomic E-state index is 13.8. The third-order valence-electron chi connectivity index (χ3n) is 7.75. The van der Waals surface area contributed by atoms with Crippen LogP contribution >= 0.6 is 0 Å². The van der Waals surface area contributed by atoms with Gasteiger partial charge in [0.15, 0.2) is 6.10 Å². The molecule has 2 aliphatic heterocycles. The zero-order chi connectivity index (χ0) is 27.5. The van der Waals surface area contributed by atoms with Crippen molar-refractivity contribution >= 4 is 28.6 Å². The number of H-pyrrole nitrogens is 1. The van der Waals surface area contributed by atoms with Gasteiger partial charge in [0, 0.05) is 35.8 Å². The van der Waals surface area contributed by atoms with Crippen LogP contribution in [-0.2, 0) is 9.59 Å². The van der Waals surface area contributed by atoms with Gasteiger partial charge in [-0.25, -0.2) is 0 Å². The number of likely N-dealkylation sites (tertiary alicyclic amines) is 1. The molecule has 2 fully saturated rings. The summed E-state index contributed by atoms with van der Waals surface area (Å²) in [5.74, 6) is -0.810. The molecule has 10 heteroatoms. The van der Waals surface area contributed by atoms with Crippen LogP contribution in [0.1, 0.15) is 41.2 Å². The number of hydrogen-bond acceptors (Lipinski definition) is 6. The number of nitrogens with one attached hydrogen (secondary N) is 3. The van der Waals surface area contributed by atoms with E-state index in [0.29, 0.717) is 37.4 Å². The summed E-state index contributed by atoms with van der Waals surface area (Å²) in [4.78, 5) is 44.3. The number of aromatic amines is 1. The summed E-state index contributed by atoms with van der Waals surface area (Å²) in [7, 11) is 1.57. The molecule has 0 bridgehead atoms. The average Bonchev–Trinajstić information content (AvgIpc) is 3.70. The first-order valence-corrected chi connectivity index (χ1v) is 13.1. The van der Waals surface area contributed by atoms with Gasteiger partial charge in [0.25, 0.3) is 5.91 Å². The van der Waals surface area contributed by atoms with E-state index in [-0.39, 0.29) is 24.2 Å². The van der Waals surface area contributed by atoms with E-state index < -0.39 is 30.0 Å². The van der Waals surface area contributed by atoms with Gasteiger partial charge in [-0.2, -0.15) is 5.26 Å². The summed E-state index contributed by atoms with van der Waals surface area (Å²) in [6.07, 6.45) is -0.405. The third kappa shape index (κ3) is 5.31. The summed E-state index contributed by atoms with van der Waals surface area (Å²) in [5.41, 5.74) is 2.09. The maximum atomic E-state index is 13.8. The molecule has 0 saturated carbocycles. The number of amides is 3. The Hall–Kier alpha value is -4.36. The molecular formula is C29H31N5O5. The number of rotatable bonds is 8. The first kappa shape index (κ1) is 26.3. The standard InChI is InChI=1S/C29H31N5O5/c1-39-26-9-5-8-21-20(26)14-23(32-21)29(38)34-16-19(17-6-3-2-4-7-17)13-24(34)28(37)33-22(25(35)15-30)12-18-10-11-31-27(18)36/h2-9,14,18-19,22,24-25,32,35H,10-13,16H2,1H3,(H,31,36)(H,33,37). The number of aromatic nitrogens is 1. The minimum absolute atomic E-state index is 0.0789. The highest BCUT2D eigenvalue weighted by atomic mass is 16.5. The molecule has 3 amide bonds. The smallest absolute Gasteiger partial charge is 0.271 e. The molecule has 0 aliphatic carbocycles. The van der Waals surface area contributed by atoms with Crippen LogP contribution in [0.25, 0.3) is 10.9 Å². The van der Waals surface area contributed by atoms with E-state index in [2.05, 4.69) is 15.6 Å². The average molecular weight is 530 g/mol. The molecule has 5 atom stereocenters. The van der Waals surface area contributed by atoms with E-state index in [1.54, 1.807) is 24.1 Å². The molecule has 5 unspecified atom stereocenters. The second-order valence-electron chi connectivity index (χ2n) is 10.1. The van der Waals surface area contributed by atoms with Gasteiger partial charge in [-0.15, -0.1) is 0 Å². The van der Waals surface area contributed by atoms with Gasteiger partial charge < -0.3 is 30.4 Å². The van der Waals surface area contributed by atoms with E-state index in [1.807, 2.05) is 48.5 Å². The van der Waals surface area contributed by atoms with E-state index in [4.69, 9.17) is 4.74 Å². The number of hydrogen-bond donors (Lipinski definition) is 4. The molecule has 202 valence electrons. The maximum Gasteiger partial charge on any atom is 0.271 e. The largest absolute Gasteiger partial charge is 0.496 e. The van der Waals surface area contributed by atoms with Crippen LogP contribution in [0.4, 0.5) is 0 Å². The molecule has 2 aliphatic rings. The monoisotopic (exact) mass is 529 g/mol. The zero-order valence-electron chi connectivity index (χ0n) is 21.6. The number of carbonyl (C=O) groups is 3. The van der Waals surface area contributed by atoms with E-state index in [9.17, 15) is 24.8 Å². The normalized spacial score (nSPS) is 22.2. The van der Waals surface area contributed by atoms with Crippen molar-refractivity contribution in [3.8, 4) is 11.8 Å². The van der Waals surface area contributed by atoms with Gasteiger partial charge in [-0.3, -0.25) is 14.4 Å². The molecule has 5 rings (SSSR count). The SMILES string of the molecule is COc1cccc2[nH]c(C(=O)N3CC(c4ccccc4)CC3C(=O)NC(CC3CCNC3=O)C(O)C#N)cc12. The highest BCUT2D eigenvalue weighted by Crippen LogP contribution is 2.34. The van der Waals surface area contributed by atoms with Crippen molar-refractivity contribution in [1.82, 2.24) is 20.5 Å². The first-order valence-electron chi connectivity index (χ1n) is 13.1. The Morgan fingerprint density at radius 1 is 1.23 bits per heavy atom. The highest BCUT2D eigenvalue weighted by molar-refractivity contribution is 6.02. The Balaban J connectivity index is 1.42. The summed E-state index contributed by atoms with van der Waals surface area (Å²) >= 11 is 0. The highest BCUT2D eigenvalue weighted by Gasteiger charge is 2.42. The topological polar surface area (TPSA) is 148 Å². The van der Waals surface area contributed by atoms with Crippen molar-refractivity contribution in [3.05, 3.63) is 65.9 Å². The number of aliphatic hydroxyl groups is 1. The lowest BCUT2D eigenvalue weighted by molar-refractivity contribution is -0.127. The third-order valence-corrected chi connectivity index (χ3v) is 7.75. The molecule has 3 heterocycles. The van der Waals surface area contributed by atoms with Crippen LogP contribution in [0.3, 0.4) is 0 Å². The van der Waals surface area contributed by atoms with Gasteiger partial charge in [-0.05, 0) is 43.0 Å². The van der Waals surface area contributed by atoms with Crippen LogP contribution < -0.4 is 15.4 Å². The number of carbonyl (C=O) groups excluding carboxylic acids is 3. The summed E-state index contributed by atoms with van der Waals surface area (Å²) in [6.45, 7) is 0.843. The summed E-state index contributed by atoms with van der Waals surface area (Å²) < 4.78 is 5.43. The second kappa shape index (κ2) is 11.2. The van der Waals surface area contributed by atoms with Crippen LogP contribution in [0.5, 0.6) is 5.75 Å².